The largest absolute Gasteiger partial charge is 0.163 e. The van der Waals surface area contributed by atoms with Crippen LogP contribution < -0.4 is 0 Å². The van der Waals surface area contributed by atoms with Gasteiger partial charge in [-0.25, -0.2) is 0 Å². The summed E-state index contributed by atoms with van der Waals surface area (Å²) in [5, 5.41) is 7.80. The Hall–Kier alpha value is -1.44. The second-order valence-corrected chi connectivity index (χ2v) is 2.41. The second-order valence-electron chi connectivity index (χ2n) is 2.41. The van der Waals surface area contributed by atoms with E-state index < -0.39 is 0 Å². The molecule has 1 aromatic carbocycles. The highest BCUT2D eigenvalue weighted by Crippen LogP contribution is 2.06. The lowest BCUT2D eigenvalue weighted by atomic mass is 10.1. The van der Waals surface area contributed by atoms with E-state index in [0.717, 1.165) is 12.1 Å². The summed E-state index contributed by atoms with van der Waals surface area (Å²) in [6, 6.07) is 10.1. The number of hydrogen-bond donors (Lipinski definition) is 0. The molecule has 0 saturated heterocycles. The third-order valence-corrected chi connectivity index (χ3v) is 1.65. The van der Waals surface area contributed by atoms with E-state index in [9.17, 15) is 0 Å². The second kappa shape index (κ2) is 2.66. The molecule has 1 heterocycles. The molecule has 1 aromatic rings. The molecule has 11 heavy (non-hydrogen) atoms. The Morgan fingerprint density at radius 2 is 1.91 bits per heavy atom. The summed E-state index contributed by atoms with van der Waals surface area (Å²) < 4.78 is 0. The van der Waals surface area contributed by atoms with Gasteiger partial charge >= 0.3 is 0 Å². The van der Waals surface area contributed by atoms with E-state index in [2.05, 4.69) is 10.2 Å². The first-order valence-electron chi connectivity index (χ1n) is 3.60. The molecule has 0 radical (unpaired) electrons. The van der Waals surface area contributed by atoms with Crippen LogP contribution >= 0.6 is 0 Å². The first-order valence-corrected chi connectivity index (χ1v) is 3.60. The molecule has 2 rings (SSSR count). The van der Waals surface area contributed by atoms with Gasteiger partial charge in [0.1, 0.15) is 0 Å². The molecular weight excluding hydrogens is 136 g/mol. The Morgan fingerprint density at radius 1 is 1.09 bits per heavy atom. The first-order chi connectivity index (χ1) is 5.47. The highest BCUT2D eigenvalue weighted by Gasteiger charge is 2.03. The van der Waals surface area contributed by atoms with Gasteiger partial charge in [0, 0.05) is 12.6 Å². The van der Waals surface area contributed by atoms with E-state index in [4.69, 9.17) is 0 Å². The minimum absolute atomic E-state index is 0.865. The summed E-state index contributed by atoms with van der Waals surface area (Å²) >= 11 is 0. The zero-order valence-electron chi connectivity index (χ0n) is 6.07. The fourth-order valence-corrected chi connectivity index (χ4v) is 1.08. The SMILES string of the molecule is C1=NN=C(c2ccccc2)C1. The van der Waals surface area contributed by atoms with E-state index in [-0.39, 0.29) is 0 Å². The molecule has 1 aliphatic heterocycles. The van der Waals surface area contributed by atoms with Crippen molar-refractivity contribution in [2.45, 2.75) is 6.42 Å². The lowest BCUT2D eigenvalue weighted by Gasteiger charge is -1.95. The molecule has 2 heteroatoms. The van der Waals surface area contributed by atoms with Crippen molar-refractivity contribution < 1.29 is 0 Å². The van der Waals surface area contributed by atoms with Gasteiger partial charge in [-0.05, 0) is 5.56 Å². The van der Waals surface area contributed by atoms with Crippen molar-refractivity contribution in [1.82, 2.24) is 0 Å². The van der Waals surface area contributed by atoms with Gasteiger partial charge in [0.05, 0.1) is 5.71 Å². The summed E-state index contributed by atoms with van der Waals surface area (Å²) in [5.74, 6) is 0. The maximum atomic E-state index is 3.99. The van der Waals surface area contributed by atoms with Crippen molar-refractivity contribution in [3.05, 3.63) is 35.9 Å². The van der Waals surface area contributed by atoms with Gasteiger partial charge in [-0.3, -0.25) is 0 Å². The Balaban J connectivity index is 2.31. The van der Waals surface area contributed by atoms with E-state index in [1.54, 1.807) is 0 Å². The fourth-order valence-electron chi connectivity index (χ4n) is 1.08. The van der Waals surface area contributed by atoms with Crippen LogP contribution in [0.3, 0.4) is 0 Å². The predicted octanol–water partition coefficient (Wildman–Crippen LogP) is 1.87. The summed E-state index contributed by atoms with van der Waals surface area (Å²) in [6.07, 6.45) is 2.69. The minimum Gasteiger partial charge on any atom is -0.163 e. The Labute approximate surface area is 65.3 Å². The average molecular weight is 144 g/mol. The van der Waals surface area contributed by atoms with E-state index in [1.165, 1.54) is 5.56 Å². The molecule has 2 nitrogen and oxygen atoms in total. The standard InChI is InChI=1S/C9H8N2/c1-2-4-8(5-3-1)9-6-7-10-11-9/h1-5,7H,6H2. The predicted molar refractivity (Wildman–Crippen MR) is 46.1 cm³/mol. The Kier molecular flexibility index (Phi) is 1.52. The van der Waals surface area contributed by atoms with E-state index in [1.807, 2.05) is 36.5 Å². The third-order valence-electron chi connectivity index (χ3n) is 1.65. The molecule has 0 aliphatic carbocycles. The molecule has 0 amide bonds. The molecule has 0 saturated carbocycles. The van der Waals surface area contributed by atoms with Crippen LogP contribution in [0.1, 0.15) is 12.0 Å². The summed E-state index contributed by atoms with van der Waals surface area (Å²) in [5.41, 5.74) is 2.23. The molecule has 0 spiro atoms. The van der Waals surface area contributed by atoms with Crippen LogP contribution in [0, 0.1) is 0 Å². The zero-order valence-corrected chi connectivity index (χ0v) is 6.07. The van der Waals surface area contributed by atoms with Crippen molar-refractivity contribution in [2.24, 2.45) is 10.2 Å². The summed E-state index contributed by atoms with van der Waals surface area (Å²) in [7, 11) is 0. The van der Waals surface area contributed by atoms with Gasteiger partial charge < -0.3 is 0 Å². The van der Waals surface area contributed by atoms with Gasteiger partial charge in [0.25, 0.3) is 0 Å². The minimum atomic E-state index is 0.865. The molecule has 54 valence electrons. The molecule has 0 atom stereocenters. The van der Waals surface area contributed by atoms with Crippen molar-refractivity contribution in [3.63, 3.8) is 0 Å². The topological polar surface area (TPSA) is 24.7 Å². The number of rotatable bonds is 1. The molecule has 0 aromatic heterocycles. The lowest BCUT2D eigenvalue weighted by Crippen LogP contribution is -1.95. The van der Waals surface area contributed by atoms with Crippen LogP contribution in [-0.2, 0) is 0 Å². The number of benzene rings is 1. The molecule has 0 bridgehead atoms. The van der Waals surface area contributed by atoms with Crippen LogP contribution in [0.25, 0.3) is 0 Å². The van der Waals surface area contributed by atoms with Crippen molar-refractivity contribution >= 4 is 11.9 Å². The lowest BCUT2D eigenvalue weighted by molar-refractivity contribution is 1.28. The number of hydrogen-bond acceptors (Lipinski definition) is 2. The fraction of sp³-hybridized carbons (Fsp3) is 0.111. The van der Waals surface area contributed by atoms with Gasteiger partial charge in [-0.1, -0.05) is 30.3 Å². The van der Waals surface area contributed by atoms with Crippen LogP contribution in [-0.4, -0.2) is 11.9 Å². The van der Waals surface area contributed by atoms with Crippen molar-refractivity contribution in [2.75, 3.05) is 0 Å². The average Bonchev–Trinajstić information content (AvgIpc) is 2.58. The van der Waals surface area contributed by atoms with Crippen LogP contribution in [0.5, 0.6) is 0 Å². The Morgan fingerprint density at radius 3 is 2.55 bits per heavy atom. The van der Waals surface area contributed by atoms with Crippen molar-refractivity contribution in [3.8, 4) is 0 Å². The summed E-state index contributed by atoms with van der Waals surface area (Å²) in [6.45, 7) is 0. The quantitative estimate of drug-likeness (QED) is 0.574. The van der Waals surface area contributed by atoms with Gasteiger partial charge in [-0.15, -0.1) is 0 Å². The maximum Gasteiger partial charge on any atom is 0.0756 e. The highest BCUT2D eigenvalue weighted by atomic mass is 15.2. The van der Waals surface area contributed by atoms with Crippen molar-refractivity contribution in [1.29, 1.82) is 0 Å². The smallest absolute Gasteiger partial charge is 0.0756 e. The van der Waals surface area contributed by atoms with Gasteiger partial charge in [-0.2, -0.15) is 10.2 Å². The molecule has 1 aliphatic rings. The zero-order chi connectivity index (χ0) is 7.52. The molecular formula is C9H8N2. The molecule has 0 N–H and O–H groups in total. The van der Waals surface area contributed by atoms with E-state index in [0.29, 0.717) is 0 Å². The highest BCUT2D eigenvalue weighted by molar-refractivity contribution is 6.09. The molecule has 0 fully saturated rings. The third kappa shape index (κ3) is 1.19. The van der Waals surface area contributed by atoms with Gasteiger partial charge in [0.15, 0.2) is 0 Å². The first kappa shape index (κ1) is 6.28. The number of nitrogens with zero attached hydrogens (tertiary/aromatic N) is 2. The van der Waals surface area contributed by atoms with Crippen LogP contribution in [0.2, 0.25) is 0 Å². The summed E-state index contributed by atoms with van der Waals surface area (Å²) in [4.78, 5) is 0. The molecule has 0 unspecified atom stereocenters. The van der Waals surface area contributed by atoms with E-state index >= 15 is 0 Å². The normalized spacial score (nSPS) is 15.1. The van der Waals surface area contributed by atoms with Crippen LogP contribution in [0.15, 0.2) is 40.5 Å². The maximum absolute atomic E-state index is 3.99. The van der Waals surface area contributed by atoms with Gasteiger partial charge in [0.2, 0.25) is 0 Å². The van der Waals surface area contributed by atoms with Crippen LogP contribution in [0.4, 0.5) is 0 Å². The monoisotopic (exact) mass is 144 g/mol. The Bertz CT molecular complexity index is 299.